The molecule has 1 heterocycles. The molecule has 1 aromatic heterocycles. The van der Waals surface area contributed by atoms with Gasteiger partial charge in [-0.3, -0.25) is 4.79 Å². The number of carboxylic acids is 1. The highest BCUT2D eigenvalue weighted by Gasteiger charge is 2.17. The van der Waals surface area contributed by atoms with Gasteiger partial charge in [0.05, 0.1) is 11.2 Å². The molecule has 0 radical (unpaired) electrons. The number of ether oxygens (including phenoxy) is 2. The highest BCUT2D eigenvalue weighted by molar-refractivity contribution is 6.31. The maximum Gasteiger partial charge on any atom is 0.339 e. The lowest BCUT2D eigenvalue weighted by Gasteiger charge is -2.19. The summed E-state index contributed by atoms with van der Waals surface area (Å²) in [5.74, 6) is -0.991. The van der Waals surface area contributed by atoms with Crippen LogP contribution in [0, 0.1) is 0 Å². The second kappa shape index (κ2) is 11.6. The van der Waals surface area contributed by atoms with Crippen LogP contribution in [0.2, 0.25) is 5.02 Å². The fourth-order valence-electron chi connectivity index (χ4n) is 3.76. The Morgan fingerprint density at radius 3 is 2.64 bits per heavy atom. The number of nitrogens with zero attached hydrogens (tertiary/aromatic N) is 1. The zero-order valence-corrected chi connectivity index (χ0v) is 20.3. The van der Waals surface area contributed by atoms with E-state index >= 15 is 0 Å². The molecule has 1 atom stereocenters. The molecule has 0 aliphatic carbocycles. The van der Waals surface area contributed by atoms with Gasteiger partial charge in [0.2, 0.25) is 0 Å². The van der Waals surface area contributed by atoms with E-state index in [1.54, 1.807) is 0 Å². The number of carboxylic acid groups (broad SMARTS) is 1. The van der Waals surface area contributed by atoms with Crippen molar-refractivity contribution in [2.45, 2.75) is 13.0 Å². The number of aldehydes is 1. The summed E-state index contributed by atoms with van der Waals surface area (Å²) in [6, 6.07) is 21.7. The first-order chi connectivity index (χ1) is 17.5. The van der Waals surface area contributed by atoms with Gasteiger partial charge in [0.25, 0.3) is 0 Å². The fraction of sp³-hybridized carbons (Fsp3) is 0.138. The lowest BCUT2D eigenvalue weighted by atomic mass is 10.1. The van der Waals surface area contributed by atoms with Gasteiger partial charge >= 0.3 is 5.97 Å². The average molecular weight is 502 g/mol. The normalized spacial score (nSPS) is 12.1. The van der Waals surface area contributed by atoms with Crippen molar-refractivity contribution in [3.05, 3.63) is 106 Å². The van der Waals surface area contributed by atoms with Crippen molar-refractivity contribution < 1.29 is 24.2 Å². The van der Waals surface area contributed by atoms with E-state index in [9.17, 15) is 14.7 Å². The average Bonchev–Trinajstić information content (AvgIpc) is 2.89. The Morgan fingerprint density at radius 1 is 1.03 bits per heavy atom. The van der Waals surface area contributed by atoms with Crippen LogP contribution in [0.4, 0.5) is 0 Å². The van der Waals surface area contributed by atoms with Crippen LogP contribution >= 0.6 is 11.6 Å². The predicted molar refractivity (Wildman–Crippen MR) is 141 cm³/mol. The van der Waals surface area contributed by atoms with E-state index in [0.717, 1.165) is 27.7 Å². The van der Waals surface area contributed by atoms with Gasteiger partial charge in [-0.05, 0) is 66.6 Å². The van der Waals surface area contributed by atoms with Crippen molar-refractivity contribution in [3.8, 4) is 5.75 Å². The van der Waals surface area contributed by atoms with Crippen LogP contribution in [0.3, 0.4) is 0 Å². The third-order valence-electron chi connectivity index (χ3n) is 5.53. The van der Waals surface area contributed by atoms with E-state index in [2.05, 4.69) is 4.98 Å². The molecule has 0 bridgehead atoms. The molecule has 7 heteroatoms. The summed E-state index contributed by atoms with van der Waals surface area (Å²) in [5, 5.41) is 11.1. The molecule has 0 fully saturated rings. The number of halogens is 1. The molecule has 0 unspecified atom stereocenters. The van der Waals surface area contributed by atoms with Crippen molar-refractivity contribution in [1.82, 2.24) is 4.98 Å². The maximum absolute atomic E-state index is 11.6. The minimum Gasteiger partial charge on any atom is -0.490 e. The standard InChI is InChI=1S/C29H24ClNO5/c1-2-35-28(18-36-27-13-7-20(17-32)15-25(27)29(33)34)22-5-3-4-19(14-22)6-11-24-12-9-21-8-10-23(30)16-26(21)31-24/h3-17,28H,2,18H2,1H3,(H,33,34)/b11-6+/t28-/m0/s1. The van der Waals surface area contributed by atoms with Gasteiger partial charge in [-0.1, -0.05) is 48.0 Å². The van der Waals surface area contributed by atoms with Crippen molar-refractivity contribution in [2.24, 2.45) is 0 Å². The van der Waals surface area contributed by atoms with Crippen molar-refractivity contribution in [2.75, 3.05) is 13.2 Å². The Kier molecular flexibility index (Phi) is 8.10. The van der Waals surface area contributed by atoms with E-state index in [4.69, 9.17) is 21.1 Å². The van der Waals surface area contributed by atoms with Gasteiger partial charge in [0, 0.05) is 22.6 Å². The largest absolute Gasteiger partial charge is 0.490 e. The van der Waals surface area contributed by atoms with Crippen molar-refractivity contribution >= 4 is 46.9 Å². The molecule has 0 saturated carbocycles. The first-order valence-corrected chi connectivity index (χ1v) is 11.8. The molecular weight excluding hydrogens is 478 g/mol. The summed E-state index contributed by atoms with van der Waals surface area (Å²) in [5.41, 5.74) is 3.67. The quantitative estimate of drug-likeness (QED) is 0.242. The van der Waals surface area contributed by atoms with E-state index in [-0.39, 0.29) is 23.5 Å². The Balaban J connectivity index is 1.52. The van der Waals surface area contributed by atoms with Crippen LogP contribution in [-0.2, 0) is 4.74 Å². The molecule has 3 aromatic carbocycles. The summed E-state index contributed by atoms with van der Waals surface area (Å²) in [7, 11) is 0. The van der Waals surface area contributed by atoms with Crippen LogP contribution in [-0.4, -0.2) is 35.6 Å². The van der Waals surface area contributed by atoms with Crippen molar-refractivity contribution in [3.63, 3.8) is 0 Å². The number of aromatic carboxylic acids is 1. The lowest BCUT2D eigenvalue weighted by molar-refractivity contribution is 0.0260. The van der Waals surface area contributed by atoms with E-state index < -0.39 is 12.1 Å². The summed E-state index contributed by atoms with van der Waals surface area (Å²) >= 11 is 6.10. The summed E-state index contributed by atoms with van der Waals surface area (Å²) in [6.45, 7) is 2.44. The van der Waals surface area contributed by atoms with Gasteiger partial charge in [-0.15, -0.1) is 0 Å². The maximum atomic E-state index is 11.6. The van der Waals surface area contributed by atoms with Crippen LogP contribution in [0.15, 0.2) is 72.8 Å². The van der Waals surface area contributed by atoms with Gasteiger partial charge < -0.3 is 14.6 Å². The third kappa shape index (κ3) is 6.16. The SMILES string of the molecule is CCO[C@@H](COc1ccc(C=O)cc1C(=O)O)c1cccc(/C=C/c2ccc3ccc(Cl)cc3n2)c1. The van der Waals surface area contributed by atoms with Crippen LogP contribution in [0.5, 0.6) is 5.75 Å². The molecule has 6 nitrogen and oxygen atoms in total. The smallest absolute Gasteiger partial charge is 0.339 e. The zero-order chi connectivity index (χ0) is 25.5. The molecule has 4 rings (SSSR count). The van der Waals surface area contributed by atoms with Gasteiger partial charge in [0.15, 0.2) is 0 Å². The summed E-state index contributed by atoms with van der Waals surface area (Å²) in [4.78, 5) is 27.3. The predicted octanol–water partition coefficient (Wildman–Crippen LogP) is 6.73. The number of carbonyl (C=O) groups excluding carboxylic acids is 1. The Hall–Kier alpha value is -4.00. The molecule has 182 valence electrons. The molecule has 0 aliphatic rings. The third-order valence-corrected chi connectivity index (χ3v) is 5.77. The van der Waals surface area contributed by atoms with Gasteiger partial charge in [-0.2, -0.15) is 0 Å². The van der Waals surface area contributed by atoms with Crippen LogP contribution < -0.4 is 4.74 Å². The number of aromatic nitrogens is 1. The van der Waals surface area contributed by atoms with Gasteiger partial charge in [-0.25, -0.2) is 9.78 Å². The molecule has 0 saturated heterocycles. The molecular formula is C29H24ClNO5. The number of hydrogen-bond acceptors (Lipinski definition) is 5. The first-order valence-electron chi connectivity index (χ1n) is 11.4. The Morgan fingerprint density at radius 2 is 1.86 bits per heavy atom. The number of hydrogen-bond donors (Lipinski definition) is 1. The minimum absolute atomic E-state index is 0.0734. The highest BCUT2D eigenvalue weighted by Crippen LogP contribution is 2.25. The van der Waals surface area contributed by atoms with Crippen LogP contribution in [0.25, 0.3) is 23.1 Å². The number of pyridine rings is 1. The lowest BCUT2D eigenvalue weighted by Crippen LogP contribution is -2.15. The van der Waals surface area contributed by atoms with Crippen molar-refractivity contribution in [1.29, 1.82) is 0 Å². The highest BCUT2D eigenvalue weighted by atomic mass is 35.5. The first kappa shape index (κ1) is 25.1. The Labute approximate surface area is 213 Å². The van der Waals surface area contributed by atoms with E-state index in [1.165, 1.54) is 18.2 Å². The number of benzene rings is 3. The molecule has 36 heavy (non-hydrogen) atoms. The topological polar surface area (TPSA) is 85.7 Å². The molecule has 0 amide bonds. The number of fused-ring (bicyclic) bond motifs is 1. The fourth-order valence-corrected chi connectivity index (χ4v) is 3.93. The number of carbonyl (C=O) groups is 2. The molecule has 0 spiro atoms. The number of rotatable bonds is 10. The van der Waals surface area contributed by atoms with Gasteiger partial charge in [0.1, 0.15) is 30.3 Å². The second-order valence-corrected chi connectivity index (χ2v) is 8.45. The minimum atomic E-state index is -1.17. The summed E-state index contributed by atoms with van der Waals surface area (Å²) in [6.07, 6.45) is 4.07. The van der Waals surface area contributed by atoms with E-state index in [1.807, 2.05) is 73.7 Å². The summed E-state index contributed by atoms with van der Waals surface area (Å²) < 4.78 is 11.7. The molecule has 1 N–H and O–H groups in total. The van der Waals surface area contributed by atoms with E-state index in [0.29, 0.717) is 17.9 Å². The Bertz CT molecular complexity index is 1430. The molecule has 4 aromatic rings. The zero-order valence-electron chi connectivity index (χ0n) is 19.6. The monoisotopic (exact) mass is 501 g/mol. The second-order valence-electron chi connectivity index (χ2n) is 8.01. The van der Waals surface area contributed by atoms with Crippen LogP contribution in [0.1, 0.15) is 50.6 Å². The molecule has 0 aliphatic heterocycles.